The fourth-order valence-corrected chi connectivity index (χ4v) is 5.38. The van der Waals surface area contributed by atoms with Crippen molar-refractivity contribution in [3.05, 3.63) is 71.4 Å². The number of rotatable bonds is 6. The van der Waals surface area contributed by atoms with Crippen molar-refractivity contribution in [1.29, 1.82) is 0 Å². The number of nitrogens with zero attached hydrogens (tertiary/aromatic N) is 3. The summed E-state index contributed by atoms with van der Waals surface area (Å²) in [5, 5.41) is 4.03. The van der Waals surface area contributed by atoms with Gasteiger partial charge < -0.3 is 9.26 Å². The molecule has 1 fully saturated rings. The van der Waals surface area contributed by atoms with Crippen LogP contribution in [0.1, 0.15) is 41.7 Å². The summed E-state index contributed by atoms with van der Waals surface area (Å²) in [6.07, 6.45) is 1.41. The summed E-state index contributed by atoms with van der Waals surface area (Å²) in [6.45, 7) is 4.37. The van der Waals surface area contributed by atoms with E-state index in [1.54, 1.807) is 25.1 Å². The van der Waals surface area contributed by atoms with E-state index in [1.807, 2.05) is 37.3 Å². The minimum atomic E-state index is -3.64. The van der Waals surface area contributed by atoms with Crippen molar-refractivity contribution in [2.24, 2.45) is 0 Å². The lowest BCUT2D eigenvalue weighted by atomic mass is 10.2. The Morgan fingerprint density at radius 1 is 1.14 bits per heavy atom. The van der Waals surface area contributed by atoms with Crippen molar-refractivity contribution in [2.75, 3.05) is 6.54 Å². The number of aryl methyl sites for hydroxylation is 2. The van der Waals surface area contributed by atoms with E-state index in [9.17, 15) is 8.42 Å². The molecule has 152 valence electrons. The van der Waals surface area contributed by atoms with Crippen LogP contribution in [0.25, 0.3) is 0 Å². The number of hydrogen-bond acceptors (Lipinski definition) is 6. The van der Waals surface area contributed by atoms with E-state index in [1.165, 1.54) is 4.31 Å². The molecule has 1 unspecified atom stereocenters. The molecule has 7 nitrogen and oxygen atoms in total. The average molecular weight is 413 g/mol. The monoisotopic (exact) mass is 413 g/mol. The van der Waals surface area contributed by atoms with Gasteiger partial charge in [0.1, 0.15) is 5.75 Å². The zero-order valence-electron chi connectivity index (χ0n) is 16.4. The first-order valence-corrected chi connectivity index (χ1v) is 11.0. The number of benzene rings is 2. The summed E-state index contributed by atoms with van der Waals surface area (Å²) in [6, 6.07) is 14.2. The first kappa shape index (κ1) is 19.6. The SMILES string of the molecule is Cc1ccc(OCc2nc(C3CCCN3S(=O)(=O)c3ccccc3C)no2)cc1. The fraction of sp³-hybridized carbons (Fsp3) is 0.333. The lowest BCUT2D eigenvalue weighted by Gasteiger charge is -2.22. The van der Waals surface area contributed by atoms with Crippen LogP contribution in [-0.2, 0) is 16.6 Å². The van der Waals surface area contributed by atoms with Gasteiger partial charge in [-0.2, -0.15) is 9.29 Å². The molecule has 1 atom stereocenters. The van der Waals surface area contributed by atoms with Crippen LogP contribution in [0, 0.1) is 13.8 Å². The van der Waals surface area contributed by atoms with Crippen molar-refractivity contribution in [2.45, 2.75) is 44.2 Å². The molecule has 0 amide bonds. The van der Waals surface area contributed by atoms with Crippen LogP contribution in [-0.4, -0.2) is 29.4 Å². The molecule has 1 saturated heterocycles. The molecular formula is C21H23N3O4S. The van der Waals surface area contributed by atoms with E-state index in [0.717, 1.165) is 17.5 Å². The van der Waals surface area contributed by atoms with Crippen LogP contribution in [0.2, 0.25) is 0 Å². The van der Waals surface area contributed by atoms with Gasteiger partial charge in [0.2, 0.25) is 10.0 Å². The maximum atomic E-state index is 13.2. The molecule has 0 saturated carbocycles. The Hall–Kier alpha value is -2.71. The van der Waals surface area contributed by atoms with Crippen LogP contribution in [0.15, 0.2) is 57.9 Å². The Bertz CT molecular complexity index is 1090. The largest absolute Gasteiger partial charge is 0.484 e. The molecule has 0 N–H and O–H groups in total. The molecule has 0 aliphatic carbocycles. The number of ether oxygens (including phenoxy) is 1. The van der Waals surface area contributed by atoms with Gasteiger partial charge in [0.25, 0.3) is 5.89 Å². The van der Waals surface area contributed by atoms with E-state index < -0.39 is 16.1 Å². The van der Waals surface area contributed by atoms with Gasteiger partial charge in [-0.25, -0.2) is 8.42 Å². The summed E-state index contributed by atoms with van der Waals surface area (Å²) in [4.78, 5) is 4.71. The van der Waals surface area contributed by atoms with Crippen molar-refractivity contribution in [3.8, 4) is 5.75 Å². The smallest absolute Gasteiger partial charge is 0.264 e. The number of hydrogen-bond donors (Lipinski definition) is 0. The molecule has 29 heavy (non-hydrogen) atoms. The summed E-state index contributed by atoms with van der Waals surface area (Å²) >= 11 is 0. The second-order valence-electron chi connectivity index (χ2n) is 7.19. The standard InChI is InChI=1S/C21H23N3O4S/c1-15-9-11-17(12-10-15)27-14-20-22-21(23-28-20)18-7-5-13-24(18)29(25,26)19-8-4-3-6-16(19)2/h3-4,6,8-12,18H,5,7,13-14H2,1-2H3. The van der Waals surface area contributed by atoms with E-state index in [0.29, 0.717) is 35.3 Å². The Morgan fingerprint density at radius 3 is 2.66 bits per heavy atom. The van der Waals surface area contributed by atoms with Gasteiger partial charge in [-0.05, 0) is 50.5 Å². The van der Waals surface area contributed by atoms with Crippen LogP contribution >= 0.6 is 0 Å². The second-order valence-corrected chi connectivity index (χ2v) is 9.05. The maximum absolute atomic E-state index is 13.2. The van der Waals surface area contributed by atoms with Gasteiger partial charge in [-0.1, -0.05) is 41.1 Å². The van der Waals surface area contributed by atoms with Crippen molar-refractivity contribution in [1.82, 2.24) is 14.4 Å². The van der Waals surface area contributed by atoms with Crippen LogP contribution in [0.3, 0.4) is 0 Å². The Morgan fingerprint density at radius 2 is 1.90 bits per heavy atom. The minimum absolute atomic E-state index is 0.132. The highest BCUT2D eigenvalue weighted by Crippen LogP contribution is 2.36. The molecule has 1 aliphatic rings. The van der Waals surface area contributed by atoms with Gasteiger partial charge in [0, 0.05) is 6.54 Å². The van der Waals surface area contributed by atoms with Crippen LogP contribution in [0.5, 0.6) is 5.75 Å². The van der Waals surface area contributed by atoms with Crippen LogP contribution in [0.4, 0.5) is 0 Å². The molecule has 1 aromatic heterocycles. The lowest BCUT2D eigenvalue weighted by Crippen LogP contribution is -2.31. The summed E-state index contributed by atoms with van der Waals surface area (Å²) in [7, 11) is -3.64. The zero-order chi connectivity index (χ0) is 20.4. The molecule has 2 aromatic carbocycles. The molecular weight excluding hydrogens is 390 g/mol. The first-order chi connectivity index (χ1) is 13.9. The Balaban J connectivity index is 1.51. The Kier molecular flexibility index (Phi) is 5.38. The van der Waals surface area contributed by atoms with Crippen LogP contribution < -0.4 is 4.74 Å². The highest BCUT2D eigenvalue weighted by Gasteiger charge is 2.39. The number of aromatic nitrogens is 2. The van der Waals surface area contributed by atoms with Gasteiger partial charge in [-0.3, -0.25) is 0 Å². The lowest BCUT2D eigenvalue weighted by molar-refractivity contribution is 0.241. The fourth-order valence-electron chi connectivity index (χ4n) is 3.50. The molecule has 3 aromatic rings. The topological polar surface area (TPSA) is 85.5 Å². The molecule has 0 radical (unpaired) electrons. The predicted molar refractivity (Wildman–Crippen MR) is 107 cm³/mol. The maximum Gasteiger partial charge on any atom is 0.264 e. The highest BCUT2D eigenvalue weighted by molar-refractivity contribution is 7.89. The summed E-state index contributed by atoms with van der Waals surface area (Å²) in [5.74, 6) is 1.41. The third-order valence-electron chi connectivity index (χ3n) is 5.05. The second kappa shape index (κ2) is 7.96. The molecule has 4 rings (SSSR count). The molecule has 0 bridgehead atoms. The van der Waals surface area contributed by atoms with Gasteiger partial charge >= 0.3 is 0 Å². The van der Waals surface area contributed by atoms with Crippen molar-refractivity contribution < 1.29 is 17.7 Å². The normalized spacial score (nSPS) is 17.5. The molecule has 2 heterocycles. The molecule has 1 aliphatic heterocycles. The highest BCUT2D eigenvalue weighted by atomic mass is 32.2. The van der Waals surface area contributed by atoms with E-state index in [4.69, 9.17) is 9.26 Å². The average Bonchev–Trinajstić information content (AvgIpc) is 3.37. The van der Waals surface area contributed by atoms with Gasteiger partial charge in [-0.15, -0.1) is 0 Å². The van der Waals surface area contributed by atoms with E-state index in [2.05, 4.69) is 10.1 Å². The van der Waals surface area contributed by atoms with E-state index >= 15 is 0 Å². The number of sulfonamides is 1. The van der Waals surface area contributed by atoms with Gasteiger partial charge in [0.15, 0.2) is 12.4 Å². The molecule has 8 heteroatoms. The summed E-state index contributed by atoms with van der Waals surface area (Å²) < 4.78 is 38.9. The minimum Gasteiger partial charge on any atom is -0.484 e. The van der Waals surface area contributed by atoms with Crippen molar-refractivity contribution >= 4 is 10.0 Å². The van der Waals surface area contributed by atoms with Crippen molar-refractivity contribution in [3.63, 3.8) is 0 Å². The first-order valence-electron chi connectivity index (χ1n) is 9.54. The Labute approximate surface area is 170 Å². The zero-order valence-corrected chi connectivity index (χ0v) is 17.2. The quantitative estimate of drug-likeness (QED) is 0.611. The predicted octanol–water partition coefficient (Wildman–Crippen LogP) is 3.79. The molecule has 0 spiro atoms. The van der Waals surface area contributed by atoms with E-state index in [-0.39, 0.29) is 6.61 Å². The third-order valence-corrected chi connectivity index (χ3v) is 7.12. The van der Waals surface area contributed by atoms with Gasteiger partial charge in [0.05, 0.1) is 10.9 Å². The third kappa shape index (κ3) is 4.04. The summed E-state index contributed by atoms with van der Waals surface area (Å²) in [5.41, 5.74) is 1.87.